The Bertz CT molecular complexity index is 853. The molecule has 0 saturated carbocycles. The average Bonchev–Trinajstić information content (AvgIpc) is 2.87. The lowest BCUT2D eigenvalue weighted by Gasteiger charge is -2.03. The van der Waals surface area contributed by atoms with Crippen LogP contribution in [-0.2, 0) is 0 Å². The van der Waals surface area contributed by atoms with E-state index in [2.05, 4.69) is 4.98 Å². The normalized spacial score (nSPS) is 10.7. The Labute approximate surface area is 118 Å². The predicted octanol–water partition coefficient (Wildman–Crippen LogP) is 2.40. The predicted molar refractivity (Wildman–Crippen MR) is 74.5 cm³/mol. The molecule has 6 heteroatoms. The molecular weight excluding hydrogens is 272 g/mol. The minimum atomic E-state index is -1.26. The zero-order chi connectivity index (χ0) is 15.0. The Balaban J connectivity index is 2.41. The number of carboxylic acids is 2. The smallest absolute Gasteiger partial charge is 0.356 e. The first-order valence-corrected chi connectivity index (χ1v) is 6.12. The summed E-state index contributed by atoms with van der Waals surface area (Å²) in [7, 11) is 0. The van der Waals surface area contributed by atoms with E-state index in [0.29, 0.717) is 11.4 Å². The van der Waals surface area contributed by atoms with Gasteiger partial charge < -0.3 is 10.2 Å². The van der Waals surface area contributed by atoms with Crippen molar-refractivity contribution in [1.82, 2.24) is 9.38 Å². The van der Waals surface area contributed by atoms with Crippen LogP contribution in [0.2, 0.25) is 0 Å². The van der Waals surface area contributed by atoms with Gasteiger partial charge in [0, 0.05) is 11.8 Å². The second-order valence-electron chi connectivity index (χ2n) is 4.40. The van der Waals surface area contributed by atoms with Crippen molar-refractivity contribution in [2.45, 2.75) is 0 Å². The highest BCUT2D eigenvalue weighted by Gasteiger charge is 2.22. The highest BCUT2D eigenvalue weighted by Crippen LogP contribution is 2.25. The second-order valence-corrected chi connectivity index (χ2v) is 4.40. The zero-order valence-electron chi connectivity index (χ0n) is 10.7. The number of imidazole rings is 1. The molecule has 0 aliphatic heterocycles. The molecular formula is C15H10N2O4. The third-order valence-electron chi connectivity index (χ3n) is 3.13. The van der Waals surface area contributed by atoms with Crippen LogP contribution in [0.4, 0.5) is 0 Å². The third-order valence-corrected chi connectivity index (χ3v) is 3.13. The summed E-state index contributed by atoms with van der Waals surface area (Å²) in [6.07, 6.45) is 1.60. The molecule has 1 aromatic carbocycles. The van der Waals surface area contributed by atoms with Crippen LogP contribution in [0.25, 0.3) is 16.9 Å². The molecule has 2 N–H and O–H groups in total. The molecule has 0 spiro atoms. The Morgan fingerprint density at radius 1 is 0.952 bits per heavy atom. The van der Waals surface area contributed by atoms with Gasteiger partial charge in [0.2, 0.25) is 0 Å². The molecule has 21 heavy (non-hydrogen) atoms. The van der Waals surface area contributed by atoms with Crippen LogP contribution in [0.1, 0.15) is 20.8 Å². The SMILES string of the molecule is O=C(O)c1cccn2c(-c3ccccc3)nc(C(=O)O)c12. The summed E-state index contributed by atoms with van der Waals surface area (Å²) >= 11 is 0. The van der Waals surface area contributed by atoms with Crippen LogP contribution < -0.4 is 0 Å². The van der Waals surface area contributed by atoms with Crippen LogP contribution in [0.5, 0.6) is 0 Å². The number of nitrogens with zero attached hydrogens (tertiary/aromatic N) is 2. The van der Waals surface area contributed by atoms with Gasteiger partial charge in [-0.2, -0.15) is 0 Å². The topological polar surface area (TPSA) is 91.9 Å². The van der Waals surface area contributed by atoms with E-state index in [1.54, 1.807) is 36.5 Å². The van der Waals surface area contributed by atoms with E-state index in [4.69, 9.17) is 0 Å². The molecule has 0 aliphatic rings. The van der Waals surface area contributed by atoms with E-state index in [9.17, 15) is 19.8 Å². The fourth-order valence-electron chi connectivity index (χ4n) is 2.25. The molecule has 6 nitrogen and oxygen atoms in total. The van der Waals surface area contributed by atoms with E-state index < -0.39 is 11.9 Å². The lowest BCUT2D eigenvalue weighted by atomic mass is 10.2. The van der Waals surface area contributed by atoms with Crippen molar-refractivity contribution in [2.24, 2.45) is 0 Å². The van der Waals surface area contributed by atoms with E-state index in [1.807, 2.05) is 6.07 Å². The summed E-state index contributed by atoms with van der Waals surface area (Å²) in [5.74, 6) is -2.06. The number of pyridine rings is 1. The van der Waals surface area contributed by atoms with Crippen LogP contribution in [-0.4, -0.2) is 31.5 Å². The Hall–Kier alpha value is -3.15. The van der Waals surface area contributed by atoms with Crippen molar-refractivity contribution < 1.29 is 19.8 Å². The van der Waals surface area contributed by atoms with Gasteiger partial charge in [-0.25, -0.2) is 14.6 Å². The maximum atomic E-state index is 11.4. The van der Waals surface area contributed by atoms with E-state index in [-0.39, 0.29) is 16.8 Å². The van der Waals surface area contributed by atoms with Crippen molar-refractivity contribution in [1.29, 1.82) is 0 Å². The number of aromatic carboxylic acids is 2. The maximum absolute atomic E-state index is 11.4. The second kappa shape index (κ2) is 4.75. The largest absolute Gasteiger partial charge is 0.478 e. The minimum Gasteiger partial charge on any atom is -0.478 e. The minimum absolute atomic E-state index is 0.0800. The number of hydrogen-bond acceptors (Lipinski definition) is 3. The Morgan fingerprint density at radius 3 is 2.29 bits per heavy atom. The van der Waals surface area contributed by atoms with Crippen molar-refractivity contribution in [3.63, 3.8) is 0 Å². The van der Waals surface area contributed by atoms with Gasteiger partial charge in [-0.05, 0) is 12.1 Å². The lowest BCUT2D eigenvalue weighted by Crippen LogP contribution is -2.04. The quantitative estimate of drug-likeness (QED) is 0.769. The highest BCUT2D eigenvalue weighted by atomic mass is 16.4. The maximum Gasteiger partial charge on any atom is 0.356 e. The fraction of sp³-hybridized carbons (Fsp3) is 0. The first-order chi connectivity index (χ1) is 10.1. The summed E-state index contributed by atoms with van der Waals surface area (Å²) in [4.78, 5) is 26.8. The molecule has 0 bridgehead atoms. The molecule has 0 atom stereocenters. The van der Waals surface area contributed by atoms with Gasteiger partial charge in [0.15, 0.2) is 5.69 Å². The molecule has 0 unspecified atom stereocenters. The van der Waals surface area contributed by atoms with Crippen molar-refractivity contribution in [3.05, 3.63) is 59.9 Å². The van der Waals surface area contributed by atoms with Crippen LogP contribution in [0.3, 0.4) is 0 Å². The molecule has 2 heterocycles. The van der Waals surface area contributed by atoms with Crippen molar-refractivity contribution >= 4 is 17.5 Å². The first-order valence-electron chi connectivity index (χ1n) is 6.12. The molecule has 0 aliphatic carbocycles. The van der Waals surface area contributed by atoms with Crippen molar-refractivity contribution in [2.75, 3.05) is 0 Å². The molecule has 104 valence electrons. The van der Waals surface area contributed by atoms with Gasteiger partial charge in [-0.15, -0.1) is 0 Å². The summed E-state index contributed by atoms with van der Waals surface area (Å²) < 4.78 is 1.49. The summed E-state index contributed by atoms with van der Waals surface area (Å²) in [5.41, 5.74) is 0.426. The molecule has 0 saturated heterocycles. The number of carbonyl (C=O) groups is 2. The van der Waals surface area contributed by atoms with Gasteiger partial charge in [-0.3, -0.25) is 4.40 Å². The van der Waals surface area contributed by atoms with Gasteiger partial charge in [0.1, 0.15) is 5.82 Å². The summed E-state index contributed by atoms with van der Waals surface area (Å²) in [6, 6.07) is 11.9. The average molecular weight is 282 g/mol. The monoisotopic (exact) mass is 282 g/mol. The van der Waals surface area contributed by atoms with Crippen LogP contribution in [0.15, 0.2) is 48.7 Å². The van der Waals surface area contributed by atoms with E-state index in [1.165, 1.54) is 10.5 Å². The van der Waals surface area contributed by atoms with Gasteiger partial charge in [-0.1, -0.05) is 30.3 Å². The number of aromatic nitrogens is 2. The number of carboxylic acid groups (broad SMARTS) is 2. The molecule has 2 aromatic heterocycles. The number of benzene rings is 1. The Kier molecular flexibility index (Phi) is 2.91. The number of rotatable bonds is 3. The standard InChI is InChI=1S/C15H10N2O4/c18-14(19)10-7-4-8-17-12(10)11(15(20)21)16-13(17)9-5-2-1-3-6-9/h1-8H,(H,18,19)(H,20,21). The van der Waals surface area contributed by atoms with Crippen LogP contribution >= 0.6 is 0 Å². The zero-order valence-corrected chi connectivity index (χ0v) is 10.7. The fourth-order valence-corrected chi connectivity index (χ4v) is 2.25. The van der Waals surface area contributed by atoms with Gasteiger partial charge in [0.25, 0.3) is 0 Å². The molecule has 3 rings (SSSR count). The Morgan fingerprint density at radius 2 is 1.67 bits per heavy atom. The van der Waals surface area contributed by atoms with Crippen molar-refractivity contribution in [3.8, 4) is 11.4 Å². The van der Waals surface area contributed by atoms with Crippen LogP contribution in [0, 0.1) is 0 Å². The van der Waals surface area contributed by atoms with E-state index in [0.717, 1.165) is 0 Å². The molecule has 0 amide bonds. The lowest BCUT2D eigenvalue weighted by molar-refractivity contribution is 0.0691. The number of fused-ring (bicyclic) bond motifs is 1. The number of hydrogen-bond donors (Lipinski definition) is 2. The molecule has 0 fully saturated rings. The first kappa shape index (κ1) is 12.9. The van der Waals surface area contributed by atoms with E-state index >= 15 is 0 Å². The molecule has 3 aromatic rings. The molecule has 0 radical (unpaired) electrons. The summed E-state index contributed by atoms with van der Waals surface area (Å²) in [5, 5.41) is 18.5. The van der Waals surface area contributed by atoms with Gasteiger partial charge in [0.05, 0.1) is 11.1 Å². The summed E-state index contributed by atoms with van der Waals surface area (Å²) in [6.45, 7) is 0. The third kappa shape index (κ3) is 2.02. The van der Waals surface area contributed by atoms with Gasteiger partial charge >= 0.3 is 11.9 Å². The highest BCUT2D eigenvalue weighted by molar-refractivity contribution is 6.04.